The number of aliphatic hydroxyl groups excluding tert-OH is 2. The second-order valence-corrected chi connectivity index (χ2v) is 4.08. The van der Waals surface area contributed by atoms with Gasteiger partial charge in [-0.15, -0.1) is 0 Å². The van der Waals surface area contributed by atoms with Crippen LogP contribution in [0.1, 0.15) is 26.7 Å². The maximum absolute atomic E-state index is 9.36. The first kappa shape index (κ1) is 8.02. The Labute approximate surface area is 61.9 Å². The van der Waals surface area contributed by atoms with Crippen molar-refractivity contribution in [1.82, 2.24) is 0 Å². The predicted molar refractivity (Wildman–Crippen MR) is 39.6 cm³/mol. The largest absolute Gasteiger partial charge is 0.396 e. The summed E-state index contributed by atoms with van der Waals surface area (Å²) in [5.74, 6) is 0.120. The smallest absolute Gasteiger partial charge is 0.0595 e. The van der Waals surface area contributed by atoms with E-state index in [1.807, 2.05) is 0 Å². The molecule has 0 saturated heterocycles. The number of rotatable bonds is 1. The van der Waals surface area contributed by atoms with E-state index in [0.717, 1.165) is 12.8 Å². The minimum absolute atomic E-state index is 0.120. The highest BCUT2D eigenvalue weighted by Gasteiger charge is 2.37. The summed E-state index contributed by atoms with van der Waals surface area (Å²) in [6, 6.07) is 0. The van der Waals surface area contributed by atoms with Gasteiger partial charge >= 0.3 is 0 Å². The van der Waals surface area contributed by atoms with Crippen molar-refractivity contribution in [1.29, 1.82) is 0 Å². The highest BCUT2D eigenvalue weighted by molar-refractivity contribution is 4.88. The van der Waals surface area contributed by atoms with E-state index in [9.17, 15) is 5.11 Å². The summed E-state index contributed by atoms with van der Waals surface area (Å²) in [6.07, 6.45) is 1.50. The van der Waals surface area contributed by atoms with Crippen molar-refractivity contribution in [3.8, 4) is 0 Å². The third kappa shape index (κ3) is 1.50. The Morgan fingerprint density at radius 3 is 2.20 bits per heavy atom. The molecule has 0 amide bonds. The molecule has 0 aliphatic heterocycles. The monoisotopic (exact) mass is 144 g/mol. The summed E-state index contributed by atoms with van der Waals surface area (Å²) < 4.78 is 0. The van der Waals surface area contributed by atoms with Gasteiger partial charge in [-0.2, -0.15) is 0 Å². The van der Waals surface area contributed by atoms with Crippen LogP contribution in [0.5, 0.6) is 0 Å². The van der Waals surface area contributed by atoms with Gasteiger partial charge < -0.3 is 10.2 Å². The second kappa shape index (κ2) is 2.51. The van der Waals surface area contributed by atoms with Gasteiger partial charge in [-0.1, -0.05) is 13.8 Å². The number of hydrogen-bond acceptors (Lipinski definition) is 2. The van der Waals surface area contributed by atoms with Crippen LogP contribution in [0.4, 0.5) is 0 Å². The van der Waals surface area contributed by atoms with E-state index in [-0.39, 0.29) is 24.0 Å². The van der Waals surface area contributed by atoms with Crippen LogP contribution in [0.15, 0.2) is 0 Å². The third-order valence-corrected chi connectivity index (χ3v) is 2.36. The SMILES string of the molecule is CC1(C)CC(O)C(CO)C1. The maximum Gasteiger partial charge on any atom is 0.0595 e. The predicted octanol–water partition coefficient (Wildman–Crippen LogP) is 0.776. The van der Waals surface area contributed by atoms with E-state index in [0.29, 0.717) is 0 Å². The van der Waals surface area contributed by atoms with Gasteiger partial charge in [-0.3, -0.25) is 0 Å². The van der Waals surface area contributed by atoms with Crippen LogP contribution in [0, 0.1) is 11.3 Å². The van der Waals surface area contributed by atoms with Crippen LogP contribution in [0.2, 0.25) is 0 Å². The van der Waals surface area contributed by atoms with Crippen LogP contribution in [0.3, 0.4) is 0 Å². The van der Waals surface area contributed by atoms with Gasteiger partial charge in [-0.05, 0) is 18.3 Å². The molecular formula is C8H16O2. The van der Waals surface area contributed by atoms with Gasteiger partial charge in [0.15, 0.2) is 0 Å². The van der Waals surface area contributed by atoms with Crippen LogP contribution < -0.4 is 0 Å². The van der Waals surface area contributed by atoms with Gasteiger partial charge in [0.05, 0.1) is 6.10 Å². The Morgan fingerprint density at radius 2 is 2.00 bits per heavy atom. The molecule has 2 N–H and O–H groups in total. The number of hydrogen-bond donors (Lipinski definition) is 2. The van der Waals surface area contributed by atoms with Crippen LogP contribution in [-0.2, 0) is 0 Å². The zero-order chi connectivity index (χ0) is 7.78. The average molecular weight is 144 g/mol. The van der Waals surface area contributed by atoms with Crippen LogP contribution in [-0.4, -0.2) is 22.9 Å². The lowest BCUT2D eigenvalue weighted by Crippen LogP contribution is -2.16. The first-order chi connectivity index (χ1) is 4.55. The molecular weight excluding hydrogens is 128 g/mol. The standard InChI is InChI=1S/C8H16O2/c1-8(2)3-6(5-9)7(10)4-8/h6-7,9-10H,3-5H2,1-2H3. The Balaban J connectivity index is 2.52. The quantitative estimate of drug-likeness (QED) is 0.571. The zero-order valence-electron chi connectivity index (χ0n) is 6.67. The lowest BCUT2D eigenvalue weighted by atomic mass is 9.91. The lowest BCUT2D eigenvalue weighted by molar-refractivity contribution is 0.0901. The van der Waals surface area contributed by atoms with Crippen molar-refractivity contribution < 1.29 is 10.2 Å². The molecule has 2 nitrogen and oxygen atoms in total. The minimum atomic E-state index is -0.278. The Kier molecular flexibility index (Phi) is 2.02. The van der Waals surface area contributed by atoms with E-state index in [1.54, 1.807) is 0 Å². The molecule has 10 heavy (non-hydrogen) atoms. The molecule has 0 radical (unpaired) electrons. The van der Waals surface area contributed by atoms with Crippen LogP contribution >= 0.6 is 0 Å². The second-order valence-electron chi connectivity index (χ2n) is 4.08. The molecule has 2 heteroatoms. The van der Waals surface area contributed by atoms with E-state index in [1.165, 1.54) is 0 Å². The Hall–Kier alpha value is -0.0800. The fraction of sp³-hybridized carbons (Fsp3) is 1.00. The van der Waals surface area contributed by atoms with Gasteiger partial charge in [0.25, 0.3) is 0 Å². The van der Waals surface area contributed by atoms with Crippen molar-refractivity contribution in [3.05, 3.63) is 0 Å². The molecule has 1 aliphatic carbocycles. The highest BCUT2D eigenvalue weighted by atomic mass is 16.3. The zero-order valence-corrected chi connectivity index (χ0v) is 6.67. The lowest BCUT2D eigenvalue weighted by Gasteiger charge is -2.15. The fourth-order valence-corrected chi connectivity index (χ4v) is 1.85. The summed E-state index contributed by atoms with van der Waals surface area (Å²) in [5, 5.41) is 18.2. The molecule has 2 atom stereocenters. The van der Waals surface area contributed by atoms with Crippen LogP contribution in [0.25, 0.3) is 0 Å². The average Bonchev–Trinajstić information content (AvgIpc) is 2.05. The summed E-state index contributed by atoms with van der Waals surface area (Å²) in [7, 11) is 0. The van der Waals surface area contributed by atoms with Crippen molar-refractivity contribution in [2.45, 2.75) is 32.8 Å². The first-order valence-corrected chi connectivity index (χ1v) is 3.84. The molecule has 2 unspecified atom stereocenters. The van der Waals surface area contributed by atoms with Gasteiger partial charge in [0, 0.05) is 12.5 Å². The molecule has 0 heterocycles. The molecule has 1 saturated carbocycles. The molecule has 0 aromatic carbocycles. The normalized spacial score (nSPS) is 38.4. The van der Waals surface area contributed by atoms with Gasteiger partial charge in [-0.25, -0.2) is 0 Å². The maximum atomic E-state index is 9.36. The topological polar surface area (TPSA) is 40.5 Å². The first-order valence-electron chi connectivity index (χ1n) is 3.84. The highest BCUT2D eigenvalue weighted by Crippen LogP contribution is 2.40. The van der Waals surface area contributed by atoms with Gasteiger partial charge in [0.1, 0.15) is 0 Å². The molecule has 1 rings (SSSR count). The fourth-order valence-electron chi connectivity index (χ4n) is 1.85. The Morgan fingerprint density at radius 1 is 1.40 bits per heavy atom. The molecule has 0 aromatic rings. The molecule has 60 valence electrons. The summed E-state index contributed by atoms with van der Waals surface area (Å²) >= 11 is 0. The van der Waals surface area contributed by atoms with Crippen molar-refractivity contribution in [3.63, 3.8) is 0 Å². The van der Waals surface area contributed by atoms with E-state index in [4.69, 9.17) is 5.11 Å². The molecule has 0 aromatic heterocycles. The summed E-state index contributed by atoms with van der Waals surface area (Å²) in [6.45, 7) is 4.39. The van der Waals surface area contributed by atoms with E-state index in [2.05, 4.69) is 13.8 Å². The third-order valence-electron chi connectivity index (χ3n) is 2.36. The molecule has 1 aliphatic rings. The molecule has 0 spiro atoms. The van der Waals surface area contributed by atoms with E-state index < -0.39 is 0 Å². The van der Waals surface area contributed by atoms with Crippen molar-refractivity contribution in [2.24, 2.45) is 11.3 Å². The van der Waals surface area contributed by atoms with Crippen molar-refractivity contribution >= 4 is 0 Å². The molecule has 1 fully saturated rings. The number of aliphatic hydroxyl groups is 2. The summed E-state index contributed by atoms with van der Waals surface area (Å²) in [4.78, 5) is 0. The minimum Gasteiger partial charge on any atom is -0.396 e. The summed E-state index contributed by atoms with van der Waals surface area (Å²) in [5.41, 5.74) is 0.229. The Bertz CT molecular complexity index is 120. The van der Waals surface area contributed by atoms with E-state index >= 15 is 0 Å². The van der Waals surface area contributed by atoms with Gasteiger partial charge in [0.2, 0.25) is 0 Å². The molecule has 0 bridgehead atoms. The van der Waals surface area contributed by atoms with Crippen molar-refractivity contribution in [2.75, 3.05) is 6.61 Å².